The second kappa shape index (κ2) is 7.74. The van der Waals surface area contributed by atoms with Crippen molar-refractivity contribution < 1.29 is 23.1 Å². The molecule has 1 N–H and O–H groups in total. The molecular formula is C18H16F2N2O3S. The third kappa shape index (κ3) is 3.80. The Labute approximate surface area is 153 Å². The molecular weight excluding hydrogens is 362 g/mol. The van der Waals surface area contributed by atoms with Gasteiger partial charge in [-0.2, -0.15) is 0 Å². The Kier molecular flexibility index (Phi) is 5.41. The zero-order valence-corrected chi connectivity index (χ0v) is 14.7. The third-order valence-electron chi connectivity index (χ3n) is 3.96. The van der Waals surface area contributed by atoms with Crippen molar-refractivity contribution in [1.29, 1.82) is 0 Å². The van der Waals surface area contributed by atoms with Gasteiger partial charge in [0.1, 0.15) is 23.4 Å². The standard InChI is InChI=1S/C18H16F2N2O3S/c1-25-13-5-3-12(4-6-13)21-17(23)16-9-26-10-22(16)18(24)14-8-11(19)2-7-15(14)20/h2-8,16H,9-10H2,1H3,(H,21,23)/t16-/m0/s1. The zero-order chi connectivity index (χ0) is 18.7. The molecule has 0 saturated carbocycles. The number of rotatable bonds is 4. The molecule has 2 aromatic rings. The lowest BCUT2D eigenvalue weighted by molar-refractivity contribution is -0.119. The van der Waals surface area contributed by atoms with Crippen LogP contribution in [0, 0.1) is 11.6 Å². The van der Waals surface area contributed by atoms with Crippen LogP contribution in [0.15, 0.2) is 42.5 Å². The van der Waals surface area contributed by atoms with Gasteiger partial charge in [0.2, 0.25) is 5.91 Å². The Morgan fingerprint density at radius 3 is 2.62 bits per heavy atom. The molecule has 5 nitrogen and oxygen atoms in total. The molecule has 0 aliphatic carbocycles. The van der Waals surface area contributed by atoms with E-state index in [1.165, 1.54) is 16.7 Å². The molecule has 0 bridgehead atoms. The minimum atomic E-state index is -0.817. The maximum absolute atomic E-state index is 13.9. The predicted octanol–water partition coefficient (Wildman–Crippen LogP) is 3.13. The van der Waals surface area contributed by atoms with E-state index < -0.39 is 23.6 Å². The Balaban J connectivity index is 1.75. The number of amides is 2. The van der Waals surface area contributed by atoms with Gasteiger partial charge in [0.25, 0.3) is 5.91 Å². The largest absolute Gasteiger partial charge is 0.497 e. The van der Waals surface area contributed by atoms with Crippen LogP contribution in [-0.2, 0) is 4.79 Å². The number of anilines is 1. The fraction of sp³-hybridized carbons (Fsp3) is 0.222. The van der Waals surface area contributed by atoms with Crippen molar-refractivity contribution in [2.24, 2.45) is 0 Å². The van der Waals surface area contributed by atoms with E-state index in [0.717, 1.165) is 18.2 Å². The van der Waals surface area contributed by atoms with E-state index in [9.17, 15) is 18.4 Å². The molecule has 136 valence electrons. The number of hydrogen-bond donors (Lipinski definition) is 1. The van der Waals surface area contributed by atoms with Gasteiger partial charge in [-0.15, -0.1) is 11.8 Å². The molecule has 1 atom stereocenters. The Morgan fingerprint density at radius 1 is 1.19 bits per heavy atom. The fourth-order valence-electron chi connectivity index (χ4n) is 2.58. The highest BCUT2D eigenvalue weighted by Gasteiger charge is 2.36. The highest BCUT2D eigenvalue weighted by Crippen LogP contribution is 2.26. The van der Waals surface area contributed by atoms with E-state index >= 15 is 0 Å². The van der Waals surface area contributed by atoms with Crippen LogP contribution in [0.4, 0.5) is 14.5 Å². The van der Waals surface area contributed by atoms with Crippen LogP contribution in [0.3, 0.4) is 0 Å². The fourth-order valence-corrected chi connectivity index (χ4v) is 3.73. The summed E-state index contributed by atoms with van der Waals surface area (Å²) in [7, 11) is 1.54. The van der Waals surface area contributed by atoms with Crippen molar-refractivity contribution in [2.45, 2.75) is 6.04 Å². The van der Waals surface area contributed by atoms with Gasteiger partial charge in [-0.05, 0) is 42.5 Å². The van der Waals surface area contributed by atoms with Gasteiger partial charge >= 0.3 is 0 Å². The highest BCUT2D eigenvalue weighted by atomic mass is 32.2. The Morgan fingerprint density at radius 2 is 1.92 bits per heavy atom. The summed E-state index contributed by atoms with van der Waals surface area (Å²) in [6.07, 6.45) is 0. The van der Waals surface area contributed by atoms with Crippen molar-refractivity contribution in [3.63, 3.8) is 0 Å². The van der Waals surface area contributed by atoms with Crippen molar-refractivity contribution in [1.82, 2.24) is 4.90 Å². The molecule has 2 amide bonds. The zero-order valence-electron chi connectivity index (χ0n) is 13.9. The van der Waals surface area contributed by atoms with Gasteiger partial charge in [0.15, 0.2) is 0 Å². The van der Waals surface area contributed by atoms with Gasteiger partial charge in [0, 0.05) is 11.4 Å². The van der Waals surface area contributed by atoms with Crippen LogP contribution < -0.4 is 10.1 Å². The van der Waals surface area contributed by atoms with Crippen molar-refractivity contribution in [3.8, 4) is 5.75 Å². The lowest BCUT2D eigenvalue weighted by Gasteiger charge is -2.23. The maximum Gasteiger partial charge on any atom is 0.258 e. The first kappa shape index (κ1) is 18.2. The van der Waals surface area contributed by atoms with Gasteiger partial charge in [-0.25, -0.2) is 8.78 Å². The molecule has 26 heavy (non-hydrogen) atoms. The third-order valence-corrected chi connectivity index (χ3v) is 4.97. The summed E-state index contributed by atoms with van der Waals surface area (Å²) >= 11 is 1.38. The van der Waals surface area contributed by atoms with Crippen LogP contribution in [-0.4, -0.2) is 41.5 Å². The first-order valence-electron chi connectivity index (χ1n) is 7.78. The van der Waals surface area contributed by atoms with Crippen LogP contribution in [0.5, 0.6) is 5.75 Å². The van der Waals surface area contributed by atoms with Crippen LogP contribution in [0.25, 0.3) is 0 Å². The van der Waals surface area contributed by atoms with E-state index in [1.807, 2.05) is 0 Å². The molecule has 8 heteroatoms. The number of carbonyl (C=O) groups excluding carboxylic acids is 2. The normalized spacial score (nSPS) is 16.4. The van der Waals surface area contributed by atoms with E-state index in [4.69, 9.17) is 4.74 Å². The predicted molar refractivity (Wildman–Crippen MR) is 95.3 cm³/mol. The number of benzene rings is 2. The lowest BCUT2D eigenvalue weighted by atomic mass is 10.1. The SMILES string of the molecule is COc1ccc(NC(=O)[C@@H]2CSCN2C(=O)c2cc(F)ccc2F)cc1. The van der Waals surface area contributed by atoms with E-state index in [2.05, 4.69) is 5.32 Å². The number of nitrogens with zero attached hydrogens (tertiary/aromatic N) is 1. The average molecular weight is 378 g/mol. The molecule has 0 aromatic heterocycles. The highest BCUT2D eigenvalue weighted by molar-refractivity contribution is 7.99. The summed E-state index contributed by atoms with van der Waals surface area (Å²) < 4.78 is 32.3. The number of ether oxygens (including phenoxy) is 1. The van der Waals surface area contributed by atoms with E-state index in [-0.39, 0.29) is 17.3 Å². The molecule has 0 radical (unpaired) electrons. The minimum absolute atomic E-state index is 0.232. The van der Waals surface area contributed by atoms with Gasteiger partial charge in [0.05, 0.1) is 18.6 Å². The molecule has 1 saturated heterocycles. The summed E-state index contributed by atoms with van der Waals surface area (Å²) in [6.45, 7) is 0. The van der Waals surface area contributed by atoms with Crippen LogP contribution >= 0.6 is 11.8 Å². The summed E-state index contributed by atoms with van der Waals surface area (Å²) in [6, 6.07) is 8.68. The topological polar surface area (TPSA) is 58.6 Å². The van der Waals surface area contributed by atoms with Crippen molar-refractivity contribution >= 4 is 29.3 Å². The maximum atomic E-state index is 13.9. The minimum Gasteiger partial charge on any atom is -0.497 e. The van der Waals surface area contributed by atoms with Crippen molar-refractivity contribution in [2.75, 3.05) is 24.1 Å². The van der Waals surface area contributed by atoms with E-state index in [0.29, 0.717) is 17.2 Å². The number of thioether (sulfide) groups is 1. The van der Waals surface area contributed by atoms with E-state index in [1.54, 1.807) is 31.4 Å². The molecule has 1 aliphatic heterocycles. The molecule has 0 unspecified atom stereocenters. The molecule has 2 aromatic carbocycles. The summed E-state index contributed by atoms with van der Waals surface area (Å²) in [4.78, 5) is 26.4. The number of nitrogens with one attached hydrogen (secondary N) is 1. The molecule has 1 heterocycles. The summed E-state index contributed by atoms with van der Waals surface area (Å²) in [5.41, 5.74) is 0.173. The first-order valence-corrected chi connectivity index (χ1v) is 8.93. The Bertz CT molecular complexity index is 830. The molecule has 3 rings (SSSR count). The monoisotopic (exact) mass is 378 g/mol. The lowest BCUT2D eigenvalue weighted by Crippen LogP contribution is -2.44. The number of halogens is 2. The number of carbonyl (C=O) groups is 2. The number of hydrogen-bond acceptors (Lipinski definition) is 4. The molecule has 1 fully saturated rings. The average Bonchev–Trinajstić information content (AvgIpc) is 3.13. The Hall–Kier alpha value is -2.61. The van der Waals surface area contributed by atoms with Crippen molar-refractivity contribution in [3.05, 3.63) is 59.7 Å². The second-order valence-electron chi connectivity index (χ2n) is 5.63. The second-order valence-corrected chi connectivity index (χ2v) is 6.63. The summed E-state index contributed by atoms with van der Waals surface area (Å²) in [5.74, 6) is -1.35. The molecule has 1 aliphatic rings. The van der Waals surface area contributed by atoms with Crippen LogP contribution in [0.2, 0.25) is 0 Å². The van der Waals surface area contributed by atoms with Crippen LogP contribution in [0.1, 0.15) is 10.4 Å². The van der Waals surface area contributed by atoms with Gasteiger partial charge in [-0.3, -0.25) is 9.59 Å². The first-order chi connectivity index (χ1) is 12.5. The van der Waals surface area contributed by atoms with Gasteiger partial charge in [-0.1, -0.05) is 0 Å². The van der Waals surface area contributed by atoms with Gasteiger partial charge < -0.3 is 15.0 Å². The summed E-state index contributed by atoms with van der Waals surface area (Å²) in [5, 5.41) is 2.73. The quantitative estimate of drug-likeness (QED) is 0.888. The number of methoxy groups -OCH3 is 1. The molecule has 0 spiro atoms. The smallest absolute Gasteiger partial charge is 0.258 e.